The number of ether oxygens (including phenoxy) is 1. The van der Waals surface area contributed by atoms with Gasteiger partial charge in [-0.2, -0.15) is 5.10 Å². The van der Waals surface area contributed by atoms with Crippen LogP contribution in [0.15, 0.2) is 0 Å². The third-order valence-corrected chi connectivity index (χ3v) is 5.07. The maximum atomic E-state index is 6.39. The highest BCUT2D eigenvalue weighted by Gasteiger charge is 2.42. The van der Waals surface area contributed by atoms with Crippen LogP contribution in [0.4, 0.5) is 5.69 Å². The van der Waals surface area contributed by atoms with Crippen LogP contribution in [0, 0.1) is 0 Å². The van der Waals surface area contributed by atoms with Gasteiger partial charge in [-0.25, -0.2) is 0 Å². The van der Waals surface area contributed by atoms with Gasteiger partial charge < -0.3 is 10.5 Å². The topological polar surface area (TPSA) is 53.1 Å². The number of hydrogen-bond donors (Lipinski definition) is 1. The van der Waals surface area contributed by atoms with Crippen molar-refractivity contribution in [2.75, 3.05) is 5.73 Å². The zero-order chi connectivity index (χ0) is 14.2. The van der Waals surface area contributed by atoms with Gasteiger partial charge in [0, 0.05) is 0 Å². The fourth-order valence-electron chi connectivity index (χ4n) is 3.95. The van der Waals surface area contributed by atoms with Gasteiger partial charge in [0.2, 0.25) is 0 Å². The SMILES string of the molecule is CCc1nn(CC2CCC3(CCCC3)O2)c(CC)c1N. The predicted octanol–water partition coefficient (Wildman–Crippen LogP) is 3.08. The highest BCUT2D eigenvalue weighted by molar-refractivity contribution is 5.48. The average molecular weight is 277 g/mol. The van der Waals surface area contributed by atoms with Gasteiger partial charge in [0.1, 0.15) is 0 Å². The lowest BCUT2D eigenvalue weighted by molar-refractivity contribution is -0.0431. The first kappa shape index (κ1) is 13.9. The lowest BCUT2D eigenvalue weighted by atomic mass is 9.98. The molecule has 0 bridgehead atoms. The number of anilines is 1. The monoisotopic (exact) mass is 277 g/mol. The van der Waals surface area contributed by atoms with Crippen LogP contribution in [0.1, 0.15) is 63.8 Å². The first-order valence-corrected chi connectivity index (χ1v) is 8.19. The minimum absolute atomic E-state index is 0.212. The van der Waals surface area contributed by atoms with Gasteiger partial charge in [-0.1, -0.05) is 26.7 Å². The van der Waals surface area contributed by atoms with Crippen molar-refractivity contribution in [3.8, 4) is 0 Å². The van der Waals surface area contributed by atoms with E-state index in [0.717, 1.165) is 30.8 Å². The molecule has 1 saturated carbocycles. The van der Waals surface area contributed by atoms with Crippen LogP contribution in [0.25, 0.3) is 0 Å². The zero-order valence-corrected chi connectivity index (χ0v) is 12.8. The van der Waals surface area contributed by atoms with Crippen molar-refractivity contribution >= 4 is 5.69 Å². The minimum Gasteiger partial charge on any atom is -0.396 e. The second-order valence-electron chi connectivity index (χ2n) is 6.36. The summed E-state index contributed by atoms with van der Waals surface area (Å²) in [5.74, 6) is 0. The van der Waals surface area contributed by atoms with Crippen LogP contribution < -0.4 is 5.73 Å². The number of nitrogen functional groups attached to an aromatic ring is 1. The summed E-state index contributed by atoms with van der Waals surface area (Å²) < 4.78 is 8.50. The number of nitrogens with zero attached hydrogens (tertiary/aromatic N) is 2. The molecule has 2 heterocycles. The van der Waals surface area contributed by atoms with Crippen molar-refractivity contribution < 1.29 is 4.74 Å². The van der Waals surface area contributed by atoms with Crippen LogP contribution in [0.2, 0.25) is 0 Å². The van der Waals surface area contributed by atoms with E-state index < -0.39 is 0 Å². The Morgan fingerprint density at radius 3 is 2.65 bits per heavy atom. The molecule has 1 aromatic heterocycles. The molecular formula is C16H27N3O. The standard InChI is InChI=1S/C16H27N3O/c1-3-13-15(17)14(4-2)19(18-13)11-12-7-10-16(20-12)8-5-6-9-16/h12H,3-11,17H2,1-2H3. The molecule has 1 spiro atoms. The van der Waals surface area contributed by atoms with Gasteiger partial charge >= 0.3 is 0 Å². The third-order valence-electron chi connectivity index (χ3n) is 5.07. The summed E-state index contributed by atoms with van der Waals surface area (Å²) in [6.07, 6.45) is 9.75. The quantitative estimate of drug-likeness (QED) is 0.920. The van der Waals surface area contributed by atoms with Crippen LogP contribution in [0.5, 0.6) is 0 Å². The molecule has 1 aromatic rings. The molecule has 2 aliphatic rings. The van der Waals surface area contributed by atoms with E-state index >= 15 is 0 Å². The van der Waals surface area contributed by atoms with Crippen LogP contribution in [-0.2, 0) is 24.1 Å². The molecule has 20 heavy (non-hydrogen) atoms. The van der Waals surface area contributed by atoms with Gasteiger partial charge in [0.05, 0.1) is 35.3 Å². The zero-order valence-electron chi connectivity index (χ0n) is 12.8. The molecule has 1 atom stereocenters. The maximum absolute atomic E-state index is 6.39. The summed E-state index contributed by atoms with van der Waals surface area (Å²) >= 11 is 0. The summed E-state index contributed by atoms with van der Waals surface area (Å²) in [6, 6.07) is 0. The van der Waals surface area contributed by atoms with Gasteiger partial charge in [0.15, 0.2) is 0 Å². The second-order valence-corrected chi connectivity index (χ2v) is 6.36. The summed E-state index contributed by atoms with van der Waals surface area (Å²) in [7, 11) is 0. The van der Waals surface area contributed by atoms with Crippen LogP contribution in [-0.4, -0.2) is 21.5 Å². The Kier molecular flexibility index (Phi) is 3.76. The first-order valence-electron chi connectivity index (χ1n) is 8.19. The van der Waals surface area contributed by atoms with E-state index in [9.17, 15) is 0 Å². The van der Waals surface area contributed by atoms with E-state index in [4.69, 9.17) is 10.5 Å². The average Bonchev–Trinajstić information content (AvgIpc) is 3.13. The van der Waals surface area contributed by atoms with Crippen molar-refractivity contribution in [3.05, 3.63) is 11.4 Å². The Balaban J connectivity index is 1.72. The molecule has 0 amide bonds. The van der Waals surface area contributed by atoms with Gasteiger partial charge in [-0.3, -0.25) is 4.68 Å². The molecular weight excluding hydrogens is 250 g/mol. The van der Waals surface area contributed by atoms with Crippen LogP contribution >= 0.6 is 0 Å². The molecule has 4 heteroatoms. The predicted molar refractivity (Wildman–Crippen MR) is 80.7 cm³/mol. The van der Waals surface area contributed by atoms with E-state index in [2.05, 4.69) is 23.6 Å². The Morgan fingerprint density at radius 2 is 2.00 bits per heavy atom. The Morgan fingerprint density at radius 1 is 1.25 bits per heavy atom. The van der Waals surface area contributed by atoms with Gasteiger partial charge in [0.25, 0.3) is 0 Å². The molecule has 1 unspecified atom stereocenters. The number of aryl methyl sites for hydroxylation is 1. The van der Waals surface area contributed by atoms with Gasteiger partial charge in [-0.15, -0.1) is 0 Å². The molecule has 0 radical (unpaired) electrons. The highest BCUT2D eigenvalue weighted by atomic mass is 16.5. The first-order chi connectivity index (χ1) is 9.67. The molecule has 2 N–H and O–H groups in total. The molecule has 4 nitrogen and oxygen atoms in total. The molecule has 3 rings (SSSR count). The van der Waals surface area contributed by atoms with E-state index in [-0.39, 0.29) is 5.60 Å². The lowest BCUT2D eigenvalue weighted by Crippen LogP contribution is -2.27. The van der Waals surface area contributed by atoms with E-state index in [1.807, 2.05) is 0 Å². The Hall–Kier alpha value is -1.03. The van der Waals surface area contributed by atoms with E-state index in [0.29, 0.717) is 6.10 Å². The van der Waals surface area contributed by atoms with Crippen molar-refractivity contribution in [2.24, 2.45) is 0 Å². The molecule has 2 fully saturated rings. The highest BCUT2D eigenvalue weighted by Crippen LogP contribution is 2.43. The number of nitrogens with two attached hydrogens (primary N) is 1. The summed E-state index contributed by atoms with van der Waals surface area (Å²) in [5.41, 5.74) is 9.51. The van der Waals surface area contributed by atoms with Gasteiger partial charge in [-0.05, 0) is 38.5 Å². The summed E-state index contributed by atoms with van der Waals surface area (Å²) in [6.45, 7) is 5.13. The molecule has 1 aliphatic heterocycles. The fraction of sp³-hybridized carbons (Fsp3) is 0.812. The number of hydrogen-bond acceptors (Lipinski definition) is 3. The Bertz CT molecular complexity index is 474. The molecule has 112 valence electrons. The third kappa shape index (κ3) is 2.34. The maximum Gasteiger partial charge on any atom is 0.0854 e. The lowest BCUT2D eigenvalue weighted by Gasteiger charge is -2.24. The largest absolute Gasteiger partial charge is 0.396 e. The normalized spacial score (nSPS) is 24.8. The number of rotatable bonds is 4. The van der Waals surface area contributed by atoms with Crippen molar-refractivity contribution in [3.63, 3.8) is 0 Å². The van der Waals surface area contributed by atoms with Crippen molar-refractivity contribution in [1.82, 2.24) is 9.78 Å². The second kappa shape index (κ2) is 5.40. The van der Waals surface area contributed by atoms with E-state index in [1.54, 1.807) is 0 Å². The molecule has 1 aliphatic carbocycles. The van der Waals surface area contributed by atoms with Crippen molar-refractivity contribution in [2.45, 2.75) is 83.5 Å². The summed E-state index contributed by atoms with van der Waals surface area (Å²) in [5, 5.41) is 4.69. The minimum atomic E-state index is 0.212. The summed E-state index contributed by atoms with van der Waals surface area (Å²) in [4.78, 5) is 0. The Labute approximate surface area is 121 Å². The van der Waals surface area contributed by atoms with Crippen LogP contribution in [0.3, 0.4) is 0 Å². The van der Waals surface area contributed by atoms with E-state index in [1.165, 1.54) is 44.2 Å². The molecule has 1 saturated heterocycles. The fourth-order valence-corrected chi connectivity index (χ4v) is 3.95. The smallest absolute Gasteiger partial charge is 0.0854 e. The number of aromatic nitrogens is 2. The van der Waals surface area contributed by atoms with Crippen molar-refractivity contribution in [1.29, 1.82) is 0 Å². The molecule has 0 aromatic carbocycles.